The molecular weight excluding hydrogens is 450 g/mol. The van der Waals surface area contributed by atoms with Crippen LogP contribution in [0.15, 0.2) is 54.6 Å². The van der Waals surface area contributed by atoms with Crippen molar-refractivity contribution in [1.29, 1.82) is 5.26 Å². The summed E-state index contributed by atoms with van der Waals surface area (Å²) in [6, 6.07) is 19.7. The van der Waals surface area contributed by atoms with Crippen molar-refractivity contribution in [2.75, 3.05) is 23.3 Å². The molecule has 0 saturated carbocycles. The third-order valence-electron chi connectivity index (χ3n) is 6.53. The fourth-order valence-electron chi connectivity index (χ4n) is 4.50. The van der Waals surface area contributed by atoms with Gasteiger partial charge >= 0.3 is 5.97 Å². The molecule has 186 valence electrons. The number of aromatic carboxylic acids is 1. The second kappa shape index (κ2) is 11.6. The van der Waals surface area contributed by atoms with Crippen LogP contribution in [-0.4, -0.2) is 24.2 Å². The number of benzene rings is 3. The van der Waals surface area contributed by atoms with E-state index in [1.165, 1.54) is 43.0 Å². The van der Waals surface area contributed by atoms with E-state index in [9.17, 15) is 15.2 Å². The van der Waals surface area contributed by atoms with E-state index in [2.05, 4.69) is 48.3 Å². The minimum atomic E-state index is -1.11. The van der Waals surface area contributed by atoms with Crippen molar-refractivity contribution in [3.63, 3.8) is 0 Å². The number of carbonyl (C=O) groups is 1. The van der Waals surface area contributed by atoms with Crippen molar-refractivity contribution in [3.05, 3.63) is 76.9 Å². The van der Waals surface area contributed by atoms with Gasteiger partial charge in [0, 0.05) is 24.8 Å². The lowest BCUT2D eigenvalue weighted by Gasteiger charge is -2.25. The average molecular weight is 484 g/mol. The SMILES string of the molecule is CCCCN(CCCC)c1cccc(CCc2ccc3c(c2)Nc2c(cc(C#N)cc2C(=O)O)O3)c1. The highest BCUT2D eigenvalue weighted by atomic mass is 16.5. The first-order chi connectivity index (χ1) is 17.5. The third kappa shape index (κ3) is 5.80. The Kier molecular flexibility index (Phi) is 8.12. The molecule has 0 unspecified atom stereocenters. The summed E-state index contributed by atoms with van der Waals surface area (Å²) in [5.74, 6) is -0.146. The maximum Gasteiger partial charge on any atom is 0.338 e. The smallest absolute Gasteiger partial charge is 0.338 e. The minimum Gasteiger partial charge on any atom is -0.478 e. The molecule has 0 saturated heterocycles. The zero-order chi connectivity index (χ0) is 25.5. The molecule has 1 aliphatic heterocycles. The number of hydrogen-bond acceptors (Lipinski definition) is 5. The van der Waals surface area contributed by atoms with Crippen LogP contribution in [0.2, 0.25) is 0 Å². The summed E-state index contributed by atoms with van der Waals surface area (Å²) in [6.45, 7) is 6.65. The van der Waals surface area contributed by atoms with Gasteiger partial charge < -0.3 is 20.1 Å². The van der Waals surface area contributed by atoms with Crippen LogP contribution in [-0.2, 0) is 12.8 Å². The van der Waals surface area contributed by atoms with Gasteiger partial charge in [0.1, 0.15) is 0 Å². The Morgan fingerprint density at radius 2 is 1.69 bits per heavy atom. The van der Waals surface area contributed by atoms with E-state index in [0.29, 0.717) is 17.2 Å². The van der Waals surface area contributed by atoms with E-state index in [4.69, 9.17) is 4.74 Å². The first-order valence-electron chi connectivity index (χ1n) is 12.8. The number of ether oxygens (including phenoxy) is 1. The van der Waals surface area contributed by atoms with Crippen LogP contribution in [0.3, 0.4) is 0 Å². The number of nitrogens with one attached hydrogen (secondary N) is 1. The highest BCUT2D eigenvalue weighted by Crippen LogP contribution is 2.44. The molecule has 6 heteroatoms. The van der Waals surface area contributed by atoms with Crippen LogP contribution in [0.4, 0.5) is 17.1 Å². The predicted octanol–water partition coefficient (Wildman–Crippen LogP) is 7.30. The largest absolute Gasteiger partial charge is 0.478 e. The molecule has 3 aromatic rings. The number of aryl methyl sites for hydroxylation is 2. The van der Waals surface area contributed by atoms with Gasteiger partial charge in [-0.2, -0.15) is 5.26 Å². The first kappa shape index (κ1) is 25.1. The predicted molar refractivity (Wildman–Crippen MR) is 144 cm³/mol. The number of fused-ring (bicyclic) bond motifs is 2. The van der Waals surface area contributed by atoms with Gasteiger partial charge in [-0.25, -0.2) is 4.79 Å². The lowest BCUT2D eigenvalue weighted by molar-refractivity contribution is 0.0697. The van der Waals surface area contributed by atoms with Crippen molar-refractivity contribution in [2.24, 2.45) is 0 Å². The van der Waals surface area contributed by atoms with Crippen LogP contribution < -0.4 is 15.0 Å². The van der Waals surface area contributed by atoms with E-state index in [0.717, 1.165) is 37.2 Å². The zero-order valence-corrected chi connectivity index (χ0v) is 21.0. The number of unbranched alkanes of at least 4 members (excludes halogenated alkanes) is 2. The quantitative estimate of drug-likeness (QED) is 0.233. The summed E-state index contributed by atoms with van der Waals surface area (Å²) in [4.78, 5) is 14.3. The fraction of sp³-hybridized carbons (Fsp3) is 0.333. The molecule has 0 bridgehead atoms. The monoisotopic (exact) mass is 483 g/mol. The molecule has 4 rings (SSSR count). The molecular formula is C30H33N3O3. The second-order valence-corrected chi connectivity index (χ2v) is 9.24. The fourth-order valence-corrected chi connectivity index (χ4v) is 4.50. The maximum atomic E-state index is 11.8. The number of nitrogens with zero attached hydrogens (tertiary/aromatic N) is 2. The molecule has 3 aromatic carbocycles. The molecule has 0 atom stereocenters. The van der Waals surface area contributed by atoms with Gasteiger partial charge in [0.15, 0.2) is 11.5 Å². The van der Waals surface area contributed by atoms with Crippen LogP contribution >= 0.6 is 0 Å². The third-order valence-corrected chi connectivity index (χ3v) is 6.53. The highest BCUT2D eigenvalue weighted by molar-refractivity contribution is 5.99. The van der Waals surface area contributed by atoms with Gasteiger partial charge in [0.05, 0.1) is 28.6 Å². The number of carboxylic acid groups (broad SMARTS) is 1. The summed E-state index contributed by atoms with van der Waals surface area (Å²) < 4.78 is 5.95. The lowest BCUT2D eigenvalue weighted by Crippen LogP contribution is -2.25. The highest BCUT2D eigenvalue weighted by Gasteiger charge is 2.24. The minimum absolute atomic E-state index is 0.0209. The molecule has 2 N–H and O–H groups in total. The van der Waals surface area contributed by atoms with E-state index >= 15 is 0 Å². The first-order valence-corrected chi connectivity index (χ1v) is 12.8. The number of hydrogen-bond donors (Lipinski definition) is 2. The van der Waals surface area contributed by atoms with Gasteiger partial charge in [0.2, 0.25) is 0 Å². The van der Waals surface area contributed by atoms with Gasteiger partial charge in [-0.3, -0.25) is 0 Å². The summed E-state index contributed by atoms with van der Waals surface area (Å²) in [5, 5.41) is 22.1. The number of carboxylic acids is 1. The van der Waals surface area contributed by atoms with Gasteiger partial charge in [-0.1, -0.05) is 44.9 Å². The lowest BCUT2D eigenvalue weighted by atomic mass is 10.0. The van der Waals surface area contributed by atoms with Crippen molar-refractivity contribution < 1.29 is 14.6 Å². The molecule has 0 spiro atoms. The van der Waals surface area contributed by atoms with Gasteiger partial charge in [-0.15, -0.1) is 0 Å². The van der Waals surface area contributed by atoms with Crippen molar-refractivity contribution in [3.8, 4) is 17.6 Å². The molecule has 0 fully saturated rings. The standard InChI is InChI=1S/C30H33N3O3/c1-3-5-14-33(15-6-4-2)24-9-7-8-21(16-24)10-11-22-12-13-27-26(18-22)32-29-25(30(34)35)17-23(20-31)19-28(29)36-27/h7-9,12-13,16-19,32H,3-6,10-11,14-15H2,1-2H3,(H,34,35). The molecule has 36 heavy (non-hydrogen) atoms. The van der Waals surface area contributed by atoms with Gasteiger partial charge in [0.25, 0.3) is 0 Å². The summed E-state index contributed by atoms with van der Waals surface area (Å²) >= 11 is 0. The molecule has 0 aromatic heterocycles. The Hall–Kier alpha value is -3.98. The molecule has 0 amide bonds. The van der Waals surface area contributed by atoms with E-state index < -0.39 is 5.97 Å². The maximum absolute atomic E-state index is 11.8. The Balaban J connectivity index is 1.49. The van der Waals surface area contributed by atoms with Crippen LogP contribution in [0.25, 0.3) is 0 Å². The Bertz CT molecular complexity index is 1270. The van der Waals surface area contributed by atoms with E-state index in [1.807, 2.05) is 24.3 Å². The normalized spacial score (nSPS) is 11.5. The number of nitriles is 1. The number of anilines is 3. The zero-order valence-electron chi connectivity index (χ0n) is 21.0. The van der Waals surface area contributed by atoms with E-state index in [-0.39, 0.29) is 11.1 Å². The molecule has 6 nitrogen and oxygen atoms in total. The number of rotatable bonds is 11. The van der Waals surface area contributed by atoms with Crippen molar-refractivity contribution >= 4 is 23.0 Å². The Morgan fingerprint density at radius 1 is 0.972 bits per heavy atom. The topological polar surface area (TPSA) is 85.6 Å². The van der Waals surface area contributed by atoms with Crippen LogP contribution in [0, 0.1) is 11.3 Å². The summed E-state index contributed by atoms with van der Waals surface area (Å²) in [6.07, 6.45) is 6.54. The van der Waals surface area contributed by atoms with E-state index in [1.54, 1.807) is 6.07 Å². The molecule has 1 heterocycles. The van der Waals surface area contributed by atoms with Crippen molar-refractivity contribution in [1.82, 2.24) is 0 Å². The molecule has 1 aliphatic rings. The molecule has 0 radical (unpaired) electrons. The summed E-state index contributed by atoms with van der Waals surface area (Å²) in [7, 11) is 0. The van der Waals surface area contributed by atoms with Crippen LogP contribution in [0.1, 0.15) is 66.6 Å². The Morgan fingerprint density at radius 3 is 2.36 bits per heavy atom. The average Bonchev–Trinajstić information content (AvgIpc) is 2.90. The summed E-state index contributed by atoms with van der Waals surface area (Å²) in [5.41, 5.74) is 5.10. The van der Waals surface area contributed by atoms with Crippen molar-refractivity contribution in [2.45, 2.75) is 52.4 Å². The second-order valence-electron chi connectivity index (χ2n) is 9.24. The Labute approximate surface area is 213 Å². The van der Waals surface area contributed by atoms with Gasteiger partial charge in [-0.05, 0) is 67.1 Å². The molecule has 0 aliphatic carbocycles. The van der Waals surface area contributed by atoms with Crippen LogP contribution in [0.5, 0.6) is 11.5 Å².